The standard InChI is InChI=1S/C9H9Cl3O3S.Na.H/c1-4(2)7-5(10)3-6(16(13,14)15)8(11)9(7)12;;/h3-4H,1-2H3,(H,13,14,15);;. The van der Waals surface area contributed by atoms with Crippen LogP contribution in [0.25, 0.3) is 0 Å². The summed E-state index contributed by atoms with van der Waals surface area (Å²) in [5.41, 5.74) is 0.556. The van der Waals surface area contributed by atoms with Crippen molar-refractivity contribution in [3.63, 3.8) is 0 Å². The van der Waals surface area contributed by atoms with E-state index in [9.17, 15) is 8.42 Å². The third-order valence-corrected chi connectivity index (χ3v) is 4.20. The molecule has 1 N–H and O–H groups in total. The second kappa shape index (κ2) is 6.44. The van der Waals surface area contributed by atoms with Crippen LogP contribution in [-0.2, 0) is 10.1 Å². The van der Waals surface area contributed by atoms with Crippen molar-refractivity contribution in [3.05, 3.63) is 26.7 Å². The summed E-state index contributed by atoms with van der Waals surface area (Å²) in [7, 11) is -4.42. The Morgan fingerprint density at radius 2 is 1.65 bits per heavy atom. The van der Waals surface area contributed by atoms with Gasteiger partial charge in [-0.05, 0) is 17.5 Å². The minimum absolute atomic E-state index is 0. The van der Waals surface area contributed by atoms with Gasteiger partial charge in [0.1, 0.15) is 4.90 Å². The predicted molar refractivity (Wildman–Crippen MR) is 72.5 cm³/mol. The Bertz CT molecular complexity index is 529. The predicted octanol–water partition coefficient (Wildman–Crippen LogP) is 3.37. The van der Waals surface area contributed by atoms with Crippen LogP contribution in [0, 0.1) is 0 Å². The first-order chi connectivity index (χ1) is 7.16. The fourth-order valence-corrected chi connectivity index (χ4v) is 3.36. The Morgan fingerprint density at radius 1 is 1.18 bits per heavy atom. The number of hydrogen-bond donors (Lipinski definition) is 1. The average Bonchev–Trinajstić information content (AvgIpc) is 2.09. The molecular weight excluding hydrogens is 318 g/mol. The SMILES string of the molecule is CC(C)c1c(Cl)cc(S(=O)(=O)O)c(Cl)c1Cl.[NaH]. The molecule has 1 aromatic rings. The Hall–Kier alpha value is 1.000. The van der Waals surface area contributed by atoms with Crippen LogP contribution in [0.5, 0.6) is 0 Å². The van der Waals surface area contributed by atoms with E-state index in [2.05, 4.69) is 0 Å². The van der Waals surface area contributed by atoms with Crippen LogP contribution < -0.4 is 0 Å². The molecule has 0 saturated carbocycles. The molecule has 1 aromatic carbocycles. The molecular formula is C9H10Cl3NaO3S. The summed E-state index contributed by atoms with van der Waals surface area (Å²) in [6.07, 6.45) is 0. The van der Waals surface area contributed by atoms with Gasteiger partial charge < -0.3 is 0 Å². The first-order valence-electron chi connectivity index (χ1n) is 4.31. The summed E-state index contributed by atoms with van der Waals surface area (Å²) >= 11 is 17.6. The molecule has 0 heterocycles. The molecule has 0 aliphatic carbocycles. The van der Waals surface area contributed by atoms with Crippen LogP contribution in [0.2, 0.25) is 15.1 Å². The van der Waals surface area contributed by atoms with Crippen molar-refractivity contribution in [3.8, 4) is 0 Å². The van der Waals surface area contributed by atoms with Crippen molar-refractivity contribution in [1.29, 1.82) is 0 Å². The van der Waals surface area contributed by atoms with Crippen molar-refractivity contribution in [2.75, 3.05) is 0 Å². The van der Waals surface area contributed by atoms with Gasteiger partial charge >= 0.3 is 29.6 Å². The summed E-state index contributed by atoms with van der Waals surface area (Å²) in [6.45, 7) is 3.69. The van der Waals surface area contributed by atoms with Gasteiger partial charge in [-0.15, -0.1) is 0 Å². The number of benzene rings is 1. The van der Waals surface area contributed by atoms with Crippen LogP contribution in [0.4, 0.5) is 0 Å². The molecule has 0 spiro atoms. The molecule has 8 heteroatoms. The van der Waals surface area contributed by atoms with Gasteiger partial charge in [-0.3, -0.25) is 4.55 Å². The number of rotatable bonds is 2. The number of hydrogen-bond acceptors (Lipinski definition) is 2. The van der Waals surface area contributed by atoms with Gasteiger partial charge in [0.05, 0.1) is 10.0 Å². The van der Waals surface area contributed by atoms with Crippen LogP contribution in [0.3, 0.4) is 0 Å². The monoisotopic (exact) mass is 326 g/mol. The fourth-order valence-electron chi connectivity index (χ4n) is 1.30. The average molecular weight is 328 g/mol. The molecule has 0 unspecified atom stereocenters. The summed E-state index contributed by atoms with van der Waals surface area (Å²) in [5.74, 6) is -0.00653. The van der Waals surface area contributed by atoms with Crippen molar-refractivity contribution in [2.24, 2.45) is 0 Å². The van der Waals surface area contributed by atoms with Gasteiger partial charge in [0.2, 0.25) is 0 Å². The fraction of sp³-hybridized carbons (Fsp3) is 0.333. The minimum atomic E-state index is -4.42. The molecule has 0 amide bonds. The molecule has 0 bridgehead atoms. The van der Waals surface area contributed by atoms with E-state index in [0.717, 1.165) is 6.07 Å². The third-order valence-electron chi connectivity index (χ3n) is 2.02. The summed E-state index contributed by atoms with van der Waals surface area (Å²) < 4.78 is 30.9. The van der Waals surface area contributed by atoms with E-state index in [1.165, 1.54) is 0 Å². The summed E-state index contributed by atoms with van der Waals surface area (Å²) in [4.78, 5) is -0.478. The Morgan fingerprint density at radius 3 is 2.00 bits per heavy atom. The molecule has 0 aliphatic rings. The van der Waals surface area contributed by atoms with E-state index in [0.29, 0.717) is 5.56 Å². The molecule has 0 aromatic heterocycles. The molecule has 0 saturated heterocycles. The van der Waals surface area contributed by atoms with Gasteiger partial charge in [0.15, 0.2) is 0 Å². The van der Waals surface area contributed by atoms with Crippen molar-refractivity contribution >= 4 is 74.5 Å². The zero-order valence-corrected chi connectivity index (χ0v) is 11.5. The van der Waals surface area contributed by atoms with Gasteiger partial charge in [-0.1, -0.05) is 48.7 Å². The van der Waals surface area contributed by atoms with Gasteiger partial charge in [0, 0.05) is 5.02 Å². The van der Waals surface area contributed by atoms with E-state index in [-0.39, 0.29) is 50.5 Å². The van der Waals surface area contributed by atoms with E-state index >= 15 is 0 Å². The third kappa shape index (κ3) is 3.98. The van der Waals surface area contributed by atoms with Crippen molar-refractivity contribution in [1.82, 2.24) is 0 Å². The molecule has 0 radical (unpaired) electrons. The van der Waals surface area contributed by atoms with E-state index < -0.39 is 15.0 Å². The van der Waals surface area contributed by atoms with Crippen LogP contribution in [0.1, 0.15) is 25.3 Å². The molecule has 3 nitrogen and oxygen atoms in total. The maximum atomic E-state index is 11.0. The molecule has 0 atom stereocenters. The second-order valence-electron chi connectivity index (χ2n) is 3.53. The summed E-state index contributed by atoms with van der Waals surface area (Å²) in [5, 5.41) is 0.00563. The van der Waals surface area contributed by atoms with Gasteiger partial charge in [-0.25, -0.2) is 0 Å². The zero-order valence-electron chi connectivity index (χ0n) is 8.46. The van der Waals surface area contributed by atoms with Crippen molar-refractivity contribution < 1.29 is 13.0 Å². The van der Waals surface area contributed by atoms with Crippen molar-refractivity contribution in [2.45, 2.75) is 24.7 Å². The molecule has 0 fully saturated rings. The Labute approximate surface area is 137 Å². The Balaban J connectivity index is 0.00000256. The van der Waals surface area contributed by atoms with E-state index in [1.807, 2.05) is 13.8 Å². The van der Waals surface area contributed by atoms with E-state index in [1.54, 1.807) is 0 Å². The molecule has 1 rings (SSSR count). The van der Waals surface area contributed by atoms with Gasteiger partial charge in [0.25, 0.3) is 10.1 Å². The topological polar surface area (TPSA) is 54.4 Å². The first-order valence-corrected chi connectivity index (χ1v) is 6.88. The van der Waals surface area contributed by atoms with Crippen LogP contribution in [-0.4, -0.2) is 42.5 Å². The van der Waals surface area contributed by atoms with E-state index in [4.69, 9.17) is 39.4 Å². The molecule has 92 valence electrons. The maximum absolute atomic E-state index is 11.0. The zero-order chi connectivity index (χ0) is 12.7. The van der Waals surface area contributed by atoms with Gasteiger partial charge in [-0.2, -0.15) is 8.42 Å². The van der Waals surface area contributed by atoms with Crippen LogP contribution >= 0.6 is 34.8 Å². The molecule has 17 heavy (non-hydrogen) atoms. The quantitative estimate of drug-likeness (QED) is 0.515. The summed E-state index contributed by atoms with van der Waals surface area (Å²) in [6, 6.07) is 1.10. The first kappa shape index (κ1) is 18.0. The van der Waals surface area contributed by atoms with Crippen LogP contribution in [0.15, 0.2) is 11.0 Å². The normalized spacial score (nSPS) is 11.5. The second-order valence-corrected chi connectivity index (χ2v) is 6.08. The molecule has 0 aliphatic heterocycles. The number of halogens is 3. The Kier molecular flexibility index (Phi) is 6.82.